The van der Waals surface area contributed by atoms with E-state index >= 15 is 0 Å². The maximum atomic E-state index is 13.7. The quantitative estimate of drug-likeness (QED) is 0.339. The van der Waals surface area contributed by atoms with Gasteiger partial charge in [0, 0.05) is 29.0 Å². The van der Waals surface area contributed by atoms with E-state index in [1.54, 1.807) is 17.0 Å². The summed E-state index contributed by atoms with van der Waals surface area (Å²) in [7, 11) is 0. The van der Waals surface area contributed by atoms with E-state index < -0.39 is 6.04 Å². The SMILES string of the molecule is CC(C)CNC(=O)C(Cc1ccccc1)N(Cc1cccc(Br)c1)C(=O)Cc1cccc(Cl)c1. The van der Waals surface area contributed by atoms with Gasteiger partial charge in [-0.1, -0.05) is 96.0 Å². The van der Waals surface area contributed by atoms with Crippen molar-refractivity contribution in [2.75, 3.05) is 6.54 Å². The molecule has 0 saturated carbocycles. The fraction of sp³-hybridized carbons (Fsp3) is 0.286. The number of nitrogens with one attached hydrogen (secondary N) is 1. The predicted octanol–water partition coefficient (Wildman–Crippen LogP) is 6.06. The number of nitrogens with zero attached hydrogens (tertiary/aromatic N) is 1. The standard InChI is InChI=1S/C28H30BrClN2O2/c1-20(2)18-31-28(34)26(16-21-8-4-3-5-9-21)32(19-23-11-6-12-24(29)14-23)27(33)17-22-10-7-13-25(30)15-22/h3-15,20,26H,16-19H2,1-2H3,(H,31,34). The van der Waals surface area contributed by atoms with Crippen molar-refractivity contribution in [2.45, 2.75) is 39.3 Å². The number of carbonyl (C=O) groups excluding carboxylic acids is 2. The highest BCUT2D eigenvalue weighted by Crippen LogP contribution is 2.20. The van der Waals surface area contributed by atoms with E-state index in [2.05, 4.69) is 35.1 Å². The first kappa shape index (κ1) is 26.0. The summed E-state index contributed by atoms with van der Waals surface area (Å²) in [4.78, 5) is 28.8. The first-order valence-electron chi connectivity index (χ1n) is 11.4. The van der Waals surface area contributed by atoms with Gasteiger partial charge in [0.1, 0.15) is 6.04 Å². The van der Waals surface area contributed by atoms with E-state index in [0.717, 1.165) is 21.2 Å². The Morgan fingerprint density at radius 3 is 2.26 bits per heavy atom. The van der Waals surface area contributed by atoms with Gasteiger partial charge in [0.2, 0.25) is 11.8 Å². The Bertz CT molecular complexity index is 1100. The number of hydrogen-bond donors (Lipinski definition) is 1. The van der Waals surface area contributed by atoms with Crippen molar-refractivity contribution in [1.29, 1.82) is 0 Å². The van der Waals surface area contributed by atoms with Crippen molar-refractivity contribution in [3.63, 3.8) is 0 Å². The summed E-state index contributed by atoms with van der Waals surface area (Å²) in [6, 6.07) is 24.3. The molecule has 1 unspecified atom stereocenters. The smallest absolute Gasteiger partial charge is 0.243 e. The van der Waals surface area contributed by atoms with Crippen LogP contribution in [0.1, 0.15) is 30.5 Å². The number of rotatable bonds is 10. The molecule has 0 spiro atoms. The number of carbonyl (C=O) groups is 2. The largest absolute Gasteiger partial charge is 0.354 e. The molecule has 1 N–H and O–H groups in total. The van der Waals surface area contributed by atoms with Gasteiger partial charge in [-0.15, -0.1) is 0 Å². The molecular weight excluding hydrogens is 512 g/mol. The number of halogens is 2. The molecule has 0 aromatic heterocycles. The topological polar surface area (TPSA) is 49.4 Å². The summed E-state index contributed by atoms with van der Waals surface area (Å²) >= 11 is 9.67. The summed E-state index contributed by atoms with van der Waals surface area (Å²) in [5.74, 6) is 0.0388. The second-order valence-corrected chi connectivity index (χ2v) is 10.2. The van der Waals surface area contributed by atoms with Crippen LogP contribution in [-0.4, -0.2) is 29.3 Å². The molecule has 0 saturated heterocycles. The third-order valence-electron chi connectivity index (χ3n) is 5.44. The van der Waals surface area contributed by atoms with Gasteiger partial charge >= 0.3 is 0 Å². The fourth-order valence-electron chi connectivity index (χ4n) is 3.73. The highest BCUT2D eigenvalue weighted by Gasteiger charge is 2.30. The van der Waals surface area contributed by atoms with Gasteiger partial charge in [0.05, 0.1) is 6.42 Å². The third-order valence-corrected chi connectivity index (χ3v) is 6.17. The van der Waals surface area contributed by atoms with E-state index in [1.807, 2.05) is 66.7 Å². The second-order valence-electron chi connectivity index (χ2n) is 8.80. The molecule has 178 valence electrons. The van der Waals surface area contributed by atoms with Crippen LogP contribution in [0.15, 0.2) is 83.3 Å². The summed E-state index contributed by atoms with van der Waals surface area (Å²) < 4.78 is 0.927. The molecule has 34 heavy (non-hydrogen) atoms. The molecule has 2 amide bonds. The molecule has 0 bridgehead atoms. The summed E-state index contributed by atoms with van der Waals surface area (Å²) in [5, 5.41) is 3.63. The average molecular weight is 542 g/mol. The first-order valence-corrected chi connectivity index (χ1v) is 12.6. The summed E-state index contributed by atoms with van der Waals surface area (Å²) in [6.45, 7) is 4.98. The maximum Gasteiger partial charge on any atom is 0.243 e. The van der Waals surface area contributed by atoms with Crippen molar-refractivity contribution >= 4 is 39.3 Å². The van der Waals surface area contributed by atoms with Crippen LogP contribution in [0.25, 0.3) is 0 Å². The molecule has 4 nitrogen and oxygen atoms in total. The van der Waals surface area contributed by atoms with E-state index in [4.69, 9.17) is 11.6 Å². The minimum absolute atomic E-state index is 0.122. The van der Waals surface area contributed by atoms with Gasteiger partial charge in [0.15, 0.2) is 0 Å². The van der Waals surface area contributed by atoms with Gasteiger partial charge in [0.25, 0.3) is 0 Å². The lowest BCUT2D eigenvalue weighted by molar-refractivity contribution is -0.140. The lowest BCUT2D eigenvalue weighted by Crippen LogP contribution is -2.51. The number of benzene rings is 3. The average Bonchev–Trinajstić information content (AvgIpc) is 2.80. The van der Waals surface area contributed by atoms with Crippen LogP contribution in [0.2, 0.25) is 5.02 Å². The molecule has 0 radical (unpaired) electrons. The van der Waals surface area contributed by atoms with Crippen molar-refractivity contribution in [1.82, 2.24) is 10.2 Å². The Hall–Kier alpha value is -2.63. The Labute approximate surface area is 215 Å². The van der Waals surface area contributed by atoms with Gasteiger partial charge in [-0.2, -0.15) is 0 Å². The van der Waals surface area contributed by atoms with Crippen LogP contribution >= 0.6 is 27.5 Å². The Balaban J connectivity index is 1.96. The molecule has 0 aliphatic heterocycles. The van der Waals surface area contributed by atoms with E-state index in [9.17, 15) is 9.59 Å². The molecule has 3 aromatic rings. The van der Waals surface area contributed by atoms with Crippen LogP contribution in [0, 0.1) is 5.92 Å². The molecule has 1 atom stereocenters. The molecule has 0 aliphatic carbocycles. The minimum Gasteiger partial charge on any atom is -0.354 e. The van der Waals surface area contributed by atoms with Gasteiger partial charge < -0.3 is 10.2 Å². The van der Waals surface area contributed by atoms with E-state index in [1.165, 1.54) is 0 Å². The number of amides is 2. The number of hydrogen-bond acceptors (Lipinski definition) is 2. The highest BCUT2D eigenvalue weighted by atomic mass is 79.9. The Kier molecular flexibility index (Phi) is 9.73. The van der Waals surface area contributed by atoms with Crippen molar-refractivity contribution in [3.8, 4) is 0 Å². The predicted molar refractivity (Wildman–Crippen MR) is 142 cm³/mol. The van der Waals surface area contributed by atoms with Crippen LogP contribution in [0.4, 0.5) is 0 Å². The monoisotopic (exact) mass is 540 g/mol. The molecule has 0 fully saturated rings. The Morgan fingerprint density at radius 2 is 1.59 bits per heavy atom. The van der Waals surface area contributed by atoms with Crippen molar-refractivity contribution in [3.05, 3.63) is 105 Å². The van der Waals surface area contributed by atoms with Gasteiger partial charge in [-0.05, 0) is 46.9 Å². The zero-order valence-corrected chi connectivity index (χ0v) is 21.9. The zero-order chi connectivity index (χ0) is 24.5. The molecule has 3 rings (SSSR count). The van der Waals surface area contributed by atoms with Crippen LogP contribution in [0.3, 0.4) is 0 Å². The molecular formula is C28H30BrClN2O2. The van der Waals surface area contributed by atoms with Gasteiger partial charge in [-0.3, -0.25) is 9.59 Å². The van der Waals surface area contributed by atoms with Crippen LogP contribution in [0.5, 0.6) is 0 Å². The first-order chi connectivity index (χ1) is 16.3. The zero-order valence-electron chi connectivity index (χ0n) is 19.5. The fourth-order valence-corrected chi connectivity index (χ4v) is 4.39. The van der Waals surface area contributed by atoms with Crippen LogP contribution in [-0.2, 0) is 29.0 Å². The third kappa shape index (κ3) is 8.00. The van der Waals surface area contributed by atoms with Gasteiger partial charge in [-0.25, -0.2) is 0 Å². The highest BCUT2D eigenvalue weighted by molar-refractivity contribution is 9.10. The Morgan fingerprint density at radius 1 is 0.912 bits per heavy atom. The molecule has 0 aliphatic rings. The van der Waals surface area contributed by atoms with Crippen LogP contribution < -0.4 is 5.32 Å². The summed E-state index contributed by atoms with van der Waals surface area (Å²) in [6.07, 6.45) is 0.595. The normalized spacial score (nSPS) is 11.8. The molecule has 3 aromatic carbocycles. The molecule has 6 heteroatoms. The molecule has 0 heterocycles. The lowest BCUT2D eigenvalue weighted by Gasteiger charge is -2.32. The summed E-state index contributed by atoms with van der Waals surface area (Å²) in [5.41, 5.74) is 2.77. The second kappa shape index (κ2) is 12.7. The van der Waals surface area contributed by atoms with Crippen molar-refractivity contribution in [2.24, 2.45) is 5.92 Å². The maximum absolute atomic E-state index is 13.7. The minimum atomic E-state index is -0.646. The van der Waals surface area contributed by atoms with Crippen molar-refractivity contribution < 1.29 is 9.59 Å². The van der Waals surface area contributed by atoms with E-state index in [0.29, 0.717) is 30.5 Å². The lowest BCUT2D eigenvalue weighted by atomic mass is 10.0. The van der Waals surface area contributed by atoms with E-state index in [-0.39, 0.29) is 18.2 Å².